The van der Waals surface area contributed by atoms with Gasteiger partial charge in [-0.3, -0.25) is 0 Å². The van der Waals surface area contributed by atoms with E-state index in [-0.39, 0.29) is 0 Å². The molecule has 1 heteroatoms. The van der Waals surface area contributed by atoms with E-state index in [9.17, 15) is 0 Å². The summed E-state index contributed by atoms with van der Waals surface area (Å²) in [5.74, 6) is 1.17. The molecular weight excluding hydrogens is 164 g/mol. The van der Waals surface area contributed by atoms with Crippen molar-refractivity contribution in [3.8, 4) is 0 Å². The van der Waals surface area contributed by atoms with E-state index in [1.165, 1.54) is 16.9 Å². The smallest absolute Gasteiger partial charge is 0.0507 e. The van der Waals surface area contributed by atoms with Crippen molar-refractivity contribution in [2.75, 3.05) is 5.75 Å². The highest BCUT2D eigenvalue weighted by Gasteiger charge is 2.17. The lowest BCUT2D eigenvalue weighted by molar-refractivity contribution is 1.13. The molecule has 1 heterocycles. The average Bonchev–Trinajstić information content (AvgIpc) is 2.53. The first-order valence-corrected chi connectivity index (χ1v) is 5.26. The Hall–Kier alpha value is -0.690. The van der Waals surface area contributed by atoms with Crippen LogP contribution < -0.4 is 0 Å². The van der Waals surface area contributed by atoms with Crippen LogP contribution in [0.3, 0.4) is 0 Å². The largest absolute Gasteiger partial charge is 0.145 e. The molecule has 0 saturated heterocycles. The predicted octanol–water partition coefficient (Wildman–Crippen LogP) is 3.42. The normalized spacial score (nSPS) is 22.4. The molecule has 0 nitrogen and oxygen atoms in total. The zero-order valence-corrected chi connectivity index (χ0v) is 7.97. The van der Waals surface area contributed by atoms with Gasteiger partial charge < -0.3 is 0 Å². The molecule has 0 spiro atoms. The molecule has 0 radical (unpaired) electrons. The first-order valence-electron chi connectivity index (χ1n) is 4.21. The van der Waals surface area contributed by atoms with E-state index < -0.39 is 0 Å². The summed E-state index contributed by atoms with van der Waals surface area (Å²) in [6.45, 7) is 2.22. The Morgan fingerprint density at radius 1 is 1.25 bits per heavy atom. The maximum absolute atomic E-state index is 2.32. The summed E-state index contributed by atoms with van der Waals surface area (Å²) in [6.07, 6.45) is 2.32. The fourth-order valence-electron chi connectivity index (χ4n) is 1.50. The van der Waals surface area contributed by atoms with Crippen molar-refractivity contribution < 1.29 is 0 Å². The Kier molecular flexibility index (Phi) is 2.22. The van der Waals surface area contributed by atoms with Crippen molar-refractivity contribution in [3.63, 3.8) is 0 Å². The van der Waals surface area contributed by atoms with Gasteiger partial charge in [-0.15, -0.1) is 11.8 Å². The quantitative estimate of drug-likeness (QED) is 0.591. The Morgan fingerprint density at radius 3 is 2.58 bits per heavy atom. The van der Waals surface area contributed by atoms with Gasteiger partial charge >= 0.3 is 0 Å². The molecule has 0 amide bonds. The van der Waals surface area contributed by atoms with Gasteiger partial charge in [-0.05, 0) is 12.5 Å². The Labute approximate surface area is 77.7 Å². The van der Waals surface area contributed by atoms with Crippen LogP contribution >= 0.6 is 11.8 Å². The van der Waals surface area contributed by atoms with E-state index in [4.69, 9.17) is 0 Å². The SMILES string of the molecule is CC1=CCSC1c1ccccc1. The third-order valence-electron chi connectivity index (χ3n) is 2.18. The molecule has 0 aliphatic carbocycles. The molecule has 1 atom stereocenters. The van der Waals surface area contributed by atoms with Gasteiger partial charge in [0.05, 0.1) is 5.25 Å². The van der Waals surface area contributed by atoms with Crippen molar-refractivity contribution in [2.24, 2.45) is 0 Å². The van der Waals surface area contributed by atoms with Gasteiger partial charge in [0.2, 0.25) is 0 Å². The van der Waals surface area contributed by atoms with E-state index in [2.05, 4.69) is 43.3 Å². The average molecular weight is 176 g/mol. The second-order valence-corrected chi connectivity index (χ2v) is 4.21. The van der Waals surface area contributed by atoms with E-state index in [1.807, 2.05) is 11.8 Å². The van der Waals surface area contributed by atoms with Crippen LogP contribution in [0.25, 0.3) is 0 Å². The van der Waals surface area contributed by atoms with Crippen molar-refractivity contribution in [1.82, 2.24) is 0 Å². The molecule has 1 aliphatic heterocycles. The van der Waals surface area contributed by atoms with Crippen LogP contribution in [0.1, 0.15) is 17.7 Å². The highest BCUT2D eigenvalue weighted by molar-refractivity contribution is 8.00. The molecular formula is C11H12S. The second kappa shape index (κ2) is 3.36. The first-order chi connectivity index (χ1) is 5.88. The van der Waals surface area contributed by atoms with Crippen LogP contribution in [-0.2, 0) is 0 Å². The van der Waals surface area contributed by atoms with Crippen molar-refractivity contribution >= 4 is 11.8 Å². The third-order valence-corrected chi connectivity index (χ3v) is 3.52. The molecule has 1 aromatic rings. The molecule has 0 fully saturated rings. The van der Waals surface area contributed by atoms with E-state index >= 15 is 0 Å². The van der Waals surface area contributed by atoms with E-state index in [1.54, 1.807) is 0 Å². The van der Waals surface area contributed by atoms with Crippen LogP contribution in [-0.4, -0.2) is 5.75 Å². The highest BCUT2D eigenvalue weighted by Crippen LogP contribution is 2.39. The van der Waals surface area contributed by atoms with Gasteiger partial charge in [-0.2, -0.15) is 0 Å². The standard InChI is InChI=1S/C11H12S/c1-9-7-8-12-11(9)10-5-3-2-4-6-10/h2-7,11H,8H2,1H3. The Bertz CT molecular complexity index is 287. The van der Waals surface area contributed by atoms with Gasteiger partial charge in [0.15, 0.2) is 0 Å². The van der Waals surface area contributed by atoms with Gasteiger partial charge in [-0.1, -0.05) is 42.0 Å². The molecule has 1 aliphatic rings. The summed E-state index contributed by atoms with van der Waals surface area (Å²) < 4.78 is 0. The number of thioether (sulfide) groups is 1. The number of hydrogen-bond donors (Lipinski definition) is 0. The molecule has 0 N–H and O–H groups in total. The van der Waals surface area contributed by atoms with Gasteiger partial charge in [0.1, 0.15) is 0 Å². The minimum atomic E-state index is 0.617. The molecule has 0 aromatic heterocycles. The molecule has 62 valence electrons. The second-order valence-electron chi connectivity index (χ2n) is 3.07. The number of benzene rings is 1. The lowest BCUT2D eigenvalue weighted by Gasteiger charge is -2.10. The van der Waals surface area contributed by atoms with Crippen molar-refractivity contribution in [3.05, 3.63) is 47.5 Å². The summed E-state index contributed by atoms with van der Waals surface area (Å²) in [5, 5.41) is 0.617. The summed E-state index contributed by atoms with van der Waals surface area (Å²) in [7, 11) is 0. The minimum absolute atomic E-state index is 0.617. The highest BCUT2D eigenvalue weighted by atomic mass is 32.2. The molecule has 1 aromatic carbocycles. The van der Waals surface area contributed by atoms with Crippen LogP contribution in [0.5, 0.6) is 0 Å². The molecule has 0 saturated carbocycles. The van der Waals surface area contributed by atoms with Crippen molar-refractivity contribution in [2.45, 2.75) is 12.2 Å². The predicted molar refractivity (Wildman–Crippen MR) is 55.4 cm³/mol. The Morgan fingerprint density at radius 2 is 2.00 bits per heavy atom. The molecule has 0 bridgehead atoms. The lowest BCUT2D eigenvalue weighted by atomic mass is 10.1. The lowest BCUT2D eigenvalue weighted by Crippen LogP contribution is -1.90. The maximum atomic E-state index is 2.32. The van der Waals surface area contributed by atoms with Gasteiger partial charge in [0, 0.05) is 5.75 Å². The molecule has 2 rings (SSSR count). The Balaban J connectivity index is 2.27. The molecule has 1 unspecified atom stereocenters. The summed E-state index contributed by atoms with van der Waals surface area (Å²) in [5.41, 5.74) is 2.94. The zero-order chi connectivity index (χ0) is 8.39. The maximum Gasteiger partial charge on any atom is 0.0507 e. The van der Waals surface area contributed by atoms with Crippen LogP contribution in [0.4, 0.5) is 0 Å². The first kappa shape index (κ1) is 7.93. The van der Waals surface area contributed by atoms with Crippen molar-refractivity contribution in [1.29, 1.82) is 0 Å². The third kappa shape index (κ3) is 1.42. The van der Waals surface area contributed by atoms with Crippen LogP contribution in [0.15, 0.2) is 42.0 Å². The van der Waals surface area contributed by atoms with E-state index in [0.29, 0.717) is 5.25 Å². The fraction of sp³-hybridized carbons (Fsp3) is 0.273. The van der Waals surface area contributed by atoms with Crippen LogP contribution in [0.2, 0.25) is 0 Å². The monoisotopic (exact) mass is 176 g/mol. The van der Waals surface area contributed by atoms with Crippen LogP contribution in [0, 0.1) is 0 Å². The van der Waals surface area contributed by atoms with Gasteiger partial charge in [0.25, 0.3) is 0 Å². The van der Waals surface area contributed by atoms with Gasteiger partial charge in [-0.25, -0.2) is 0 Å². The summed E-state index contributed by atoms with van der Waals surface area (Å²) in [4.78, 5) is 0. The summed E-state index contributed by atoms with van der Waals surface area (Å²) >= 11 is 2.01. The number of hydrogen-bond acceptors (Lipinski definition) is 1. The number of rotatable bonds is 1. The topological polar surface area (TPSA) is 0 Å². The van der Waals surface area contributed by atoms with E-state index in [0.717, 1.165) is 0 Å². The summed E-state index contributed by atoms with van der Waals surface area (Å²) in [6, 6.07) is 10.7. The fourth-order valence-corrected chi connectivity index (χ4v) is 2.76. The molecule has 12 heavy (non-hydrogen) atoms. The zero-order valence-electron chi connectivity index (χ0n) is 7.16. The minimum Gasteiger partial charge on any atom is -0.145 e.